The monoisotopic (exact) mass is 609 g/mol. The van der Waals surface area contributed by atoms with Crippen LogP contribution in [0.3, 0.4) is 0 Å². The molecule has 4 atom stereocenters. The van der Waals surface area contributed by atoms with Crippen LogP contribution < -0.4 is 22.1 Å². The third-order valence-corrected chi connectivity index (χ3v) is 8.41. The van der Waals surface area contributed by atoms with Crippen molar-refractivity contribution in [2.45, 2.75) is 78.8 Å². The summed E-state index contributed by atoms with van der Waals surface area (Å²) in [6, 6.07) is -1.63. The average Bonchev–Trinajstić information content (AvgIpc) is 3.47. The number of nitrogens with two attached hydrogens (primary N) is 2. The maximum Gasteiger partial charge on any atom is 0.323 e. The minimum Gasteiger partial charge on any atom is -0.464 e. The lowest BCUT2D eigenvalue weighted by Crippen LogP contribution is -2.38. The van der Waals surface area contributed by atoms with Crippen LogP contribution in [0.4, 0.5) is 5.95 Å². The van der Waals surface area contributed by atoms with E-state index in [-0.39, 0.29) is 36.2 Å². The maximum atomic E-state index is 12.8. The van der Waals surface area contributed by atoms with Crippen molar-refractivity contribution in [3.8, 4) is 0 Å². The molecule has 2 aromatic heterocycles. The summed E-state index contributed by atoms with van der Waals surface area (Å²) in [5.74, 6) is -0.934. The number of carbonyl (C=O) groups is 2. The molecule has 0 aliphatic heterocycles. The van der Waals surface area contributed by atoms with Gasteiger partial charge in [0.15, 0.2) is 11.2 Å². The molecule has 1 saturated carbocycles. The zero-order chi connectivity index (χ0) is 31.0. The number of nitrogen functional groups attached to an aromatic ring is 1. The quantitative estimate of drug-likeness (QED) is 0.151. The molecule has 1 aliphatic rings. The van der Waals surface area contributed by atoms with Gasteiger partial charge < -0.3 is 25.5 Å². The van der Waals surface area contributed by atoms with Crippen LogP contribution in [0.15, 0.2) is 16.7 Å². The Kier molecular flexibility index (Phi) is 11.9. The molecule has 14 nitrogen and oxygen atoms in total. The second-order valence-corrected chi connectivity index (χ2v) is 12.4. The topological polar surface area (TPSA) is 207 Å². The molecule has 6 N–H and O–H groups in total. The number of fused-ring (bicyclic) bond motifs is 1. The highest BCUT2D eigenvalue weighted by atomic mass is 31.1. The van der Waals surface area contributed by atoms with Gasteiger partial charge in [-0.15, -0.1) is 0 Å². The van der Waals surface area contributed by atoms with Crippen molar-refractivity contribution in [2.24, 2.45) is 23.0 Å². The number of carbonyl (C=O) groups excluding carboxylic acids is 2. The zero-order valence-corrected chi connectivity index (χ0v) is 26.0. The molecule has 15 heteroatoms. The summed E-state index contributed by atoms with van der Waals surface area (Å²) in [6.07, 6.45) is 7.53. The fourth-order valence-electron chi connectivity index (χ4n) is 4.55. The molecule has 2 heterocycles. The molecule has 234 valence electrons. The van der Waals surface area contributed by atoms with Crippen molar-refractivity contribution in [2.75, 3.05) is 25.6 Å². The van der Waals surface area contributed by atoms with Crippen LogP contribution in [0.1, 0.15) is 66.7 Å². The summed E-state index contributed by atoms with van der Waals surface area (Å²) in [6.45, 7) is 9.58. The summed E-state index contributed by atoms with van der Waals surface area (Å²) >= 11 is 0. The number of hydrogen-bond donors (Lipinski definition) is 4. The van der Waals surface area contributed by atoms with E-state index in [9.17, 15) is 18.9 Å². The van der Waals surface area contributed by atoms with Crippen molar-refractivity contribution in [3.63, 3.8) is 0 Å². The van der Waals surface area contributed by atoms with Gasteiger partial charge in [-0.3, -0.25) is 28.5 Å². The van der Waals surface area contributed by atoms with Gasteiger partial charge >= 0.3 is 11.9 Å². The van der Waals surface area contributed by atoms with E-state index in [2.05, 4.69) is 33.9 Å². The van der Waals surface area contributed by atoms with Crippen LogP contribution in [0.5, 0.6) is 0 Å². The van der Waals surface area contributed by atoms with Crippen molar-refractivity contribution in [1.82, 2.24) is 24.6 Å². The molecule has 0 saturated heterocycles. The molecule has 0 aromatic carbocycles. The van der Waals surface area contributed by atoms with E-state index in [1.165, 1.54) is 6.33 Å². The molecule has 1 aliphatic carbocycles. The summed E-state index contributed by atoms with van der Waals surface area (Å²) in [5, 5.41) is 2.69. The molecule has 2 aromatic rings. The summed E-state index contributed by atoms with van der Waals surface area (Å²) in [7, 11) is -2.87. The number of aromatic nitrogens is 4. The average molecular weight is 610 g/mol. The number of hydrogen-bond acceptors (Lipinski definition) is 11. The SMILES string of the molecule is CCCC(CCC)COC(=O)[C@H](C)N[PH](=O)OC[C@@]1(COC(=O)[C@H](N)C(C)C)C/C1=C/n1cnc2c(=O)[nH]c(N)nc21. The highest BCUT2D eigenvalue weighted by Crippen LogP contribution is 2.54. The van der Waals surface area contributed by atoms with E-state index in [1.807, 2.05) is 13.8 Å². The van der Waals surface area contributed by atoms with Gasteiger partial charge in [0.2, 0.25) is 5.95 Å². The molecule has 1 unspecified atom stereocenters. The van der Waals surface area contributed by atoms with Crippen LogP contribution in [-0.2, 0) is 28.2 Å². The van der Waals surface area contributed by atoms with Gasteiger partial charge in [0, 0.05) is 6.20 Å². The van der Waals surface area contributed by atoms with Crippen LogP contribution in [0.25, 0.3) is 17.4 Å². The third-order valence-electron chi connectivity index (χ3n) is 7.33. The second-order valence-electron chi connectivity index (χ2n) is 11.3. The molecular formula is C27H44N7O7P. The number of aromatic amines is 1. The fraction of sp³-hybridized carbons (Fsp3) is 0.667. The molecular weight excluding hydrogens is 565 g/mol. The van der Waals surface area contributed by atoms with Crippen molar-refractivity contribution < 1.29 is 28.2 Å². The lowest BCUT2D eigenvalue weighted by atomic mass is 9.99. The van der Waals surface area contributed by atoms with Crippen LogP contribution in [0.2, 0.25) is 0 Å². The van der Waals surface area contributed by atoms with Gasteiger partial charge in [-0.25, -0.2) is 10.1 Å². The largest absolute Gasteiger partial charge is 0.464 e. The minimum atomic E-state index is -2.87. The van der Waals surface area contributed by atoms with Gasteiger partial charge in [-0.05, 0) is 43.6 Å². The summed E-state index contributed by atoms with van der Waals surface area (Å²) in [4.78, 5) is 47.8. The highest BCUT2D eigenvalue weighted by Gasteiger charge is 2.51. The molecule has 0 radical (unpaired) electrons. The Balaban J connectivity index is 1.67. The number of esters is 2. The number of H-pyrrole nitrogens is 1. The van der Waals surface area contributed by atoms with E-state index in [0.717, 1.165) is 31.3 Å². The number of anilines is 1. The number of rotatable bonds is 17. The zero-order valence-electron chi connectivity index (χ0n) is 25.0. The van der Waals surface area contributed by atoms with E-state index < -0.39 is 43.2 Å². The van der Waals surface area contributed by atoms with Crippen molar-refractivity contribution >= 4 is 43.4 Å². The van der Waals surface area contributed by atoms with E-state index in [4.69, 9.17) is 25.5 Å². The first-order valence-corrected chi connectivity index (χ1v) is 15.7. The van der Waals surface area contributed by atoms with E-state index in [0.29, 0.717) is 18.9 Å². The normalized spacial score (nSPS) is 19.8. The lowest BCUT2D eigenvalue weighted by Gasteiger charge is -2.20. The predicted octanol–water partition coefficient (Wildman–Crippen LogP) is 2.60. The molecule has 3 rings (SSSR count). The van der Waals surface area contributed by atoms with Gasteiger partial charge in [-0.2, -0.15) is 4.98 Å². The minimum absolute atomic E-state index is 0.0572. The molecule has 42 heavy (non-hydrogen) atoms. The first-order valence-electron chi connectivity index (χ1n) is 14.4. The Morgan fingerprint density at radius 3 is 2.52 bits per heavy atom. The first-order chi connectivity index (χ1) is 19.9. The van der Waals surface area contributed by atoms with Gasteiger partial charge in [0.25, 0.3) is 13.7 Å². The van der Waals surface area contributed by atoms with Gasteiger partial charge in [0.1, 0.15) is 25.0 Å². The Labute approximate surface area is 245 Å². The highest BCUT2D eigenvalue weighted by molar-refractivity contribution is 7.36. The predicted molar refractivity (Wildman–Crippen MR) is 159 cm³/mol. The smallest absolute Gasteiger partial charge is 0.323 e. The Morgan fingerprint density at radius 2 is 1.88 bits per heavy atom. The first kappa shape index (κ1) is 33.4. The Morgan fingerprint density at radius 1 is 1.19 bits per heavy atom. The van der Waals surface area contributed by atoms with Gasteiger partial charge in [-0.1, -0.05) is 40.5 Å². The van der Waals surface area contributed by atoms with Crippen LogP contribution in [-0.4, -0.2) is 63.4 Å². The second kappa shape index (κ2) is 14.9. The lowest BCUT2D eigenvalue weighted by molar-refractivity contribution is -0.148. The number of ether oxygens (including phenoxy) is 2. The van der Waals surface area contributed by atoms with Crippen molar-refractivity contribution in [1.29, 1.82) is 0 Å². The summed E-state index contributed by atoms with van der Waals surface area (Å²) in [5.41, 5.74) is 11.5. The number of nitrogens with zero attached hydrogens (tertiary/aromatic N) is 3. The van der Waals surface area contributed by atoms with Crippen molar-refractivity contribution in [3.05, 3.63) is 22.3 Å². The fourth-order valence-corrected chi connectivity index (χ4v) is 5.51. The number of nitrogens with one attached hydrogen (secondary N) is 2. The molecule has 0 spiro atoms. The van der Waals surface area contributed by atoms with E-state index >= 15 is 0 Å². The molecule has 0 amide bonds. The Hall–Kier alpha value is -3.06. The maximum absolute atomic E-state index is 12.8. The standard InChI is InChI=1S/C27H44N7O7P/c1-6-8-18(9-7-2)12-39-24(36)17(5)33-42(38)41-14-27(13-40-25(37)20(28)16(3)4)10-19(27)11-34-15-30-21-22(34)31-26(29)32-23(21)35/h11,15-18,20,42H,6-10,12-14,28H2,1-5H3,(H,33,38)(H3,29,31,32,35)/b19-11-/t17-,20+,27-/m0/s1. The molecule has 1 fully saturated rings. The summed E-state index contributed by atoms with van der Waals surface area (Å²) < 4.78 is 31.0. The van der Waals surface area contributed by atoms with Gasteiger partial charge in [0.05, 0.1) is 18.6 Å². The molecule has 0 bridgehead atoms. The van der Waals surface area contributed by atoms with E-state index in [1.54, 1.807) is 17.7 Å². The number of imidazole rings is 1. The third kappa shape index (κ3) is 8.73. The van der Waals surface area contributed by atoms with Crippen LogP contribution >= 0.6 is 8.18 Å². The Bertz CT molecular complexity index is 1350. The van der Waals surface area contributed by atoms with Crippen LogP contribution in [0, 0.1) is 17.3 Å².